The molecule has 1 amide bonds. The number of halogens is 8. The van der Waals surface area contributed by atoms with Gasteiger partial charge in [-0.2, -0.15) is 19.0 Å². The number of hydrogen-bond donors (Lipinski definition) is 4. The van der Waals surface area contributed by atoms with Crippen molar-refractivity contribution in [3.8, 4) is 11.1 Å². The number of rotatable bonds is 13. The lowest BCUT2D eigenvalue weighted by Gasteiger charge is -2.29. The molecule has 2 aromatic carbocycles. The van der Waals surface area contributed by atoms with Gasteiger partial charge >= 0.3 is 0 Å². The fraction of sp³-hybridized carbons (Fsp3) is 0.378. The largest absolute Gasteiger partial charge is 0.389 e. The number of hydrogen-bond acceptors (Lipinski definition) is 10. The van der Waals surface area contributed by atoms with Crippen LogP contribution in [0, 0.1) is 11.6 Å². The third-order valence-electron chi connectivity index (χ3n) is 9.49. The number of pyridine rings is 1. The summed E-state index contributed by atoms with van der Waals surface area (Å²) in [5, 5.41) is 24.2. The van der Waals surface area contributed by atoms with Gasteiger partial charge in [0.15, 0.2) is 16.6 Å². The second-order valence-corrected chi connectivity index (χ2v) is 17.8. The number of aromatic nitrogens is 6. The molecule has 7 rings (SSSR count). The molecule has 6 aromatic rings. The molecule has 1 aliphatic carbocycles. The molecule has 1 unspecified atom stereocenters. The first-order valence-electron chi connectivity index (χ1n) is 18.0. The number of thiazole rings is 1. The van der Waals surface area contributed by atoms with Gasteiger partial charge in [0.2, 0.25) is 15.9 Å². The van der Waals surface area contributed by atoms with Crippen LogP contribution in [0.25, 0.3) is 32.4 Å². The molecule has 60 heavy (non-hydrogen) atoms. The van der Waals surface area contributed by atoms with Gasteiger partial charge in [-0.05, 0) is 50.1 Å². The van der Waals surface area contributed by atoms with Crippen molar-refractivity contribution >= 4 is 59.5 Å². The van der Waals surface area contributed by atoms with Crippen molar-refractivity contribution in [2.24, 2.45) is 7.05 Å². The van der Waals surface area contributed by atoms with Crippen molar-refractivity contribution in [3.63, 3.8) is 0 Å². The van der Waals surface area contributed by atoms with Crippen molar-refractivity contribution in [2.45, 2.75) is 69.6 Å². The van der Waals surface area contributed by atoms with Gasteiger partial charge in [-0.3, -0.25) is 18.9 Å². The first kappa shape index (κ1) is 42.7. The highest BCUT2D eigenvalue weighted by molar-refractivity contribution is 7.92. The molecule has 1 aliphatic rings. The number of anilines is 2. The summed E-state index contributed by atoms with van der Waals surface area (Å²) < 4.78 is 146. The monoisotopic (exact) mass is 885 g/mol. The third kappa shape index (κ3) is 8.73. The number of aryl methyl sites for hydroxylation is 1. The van der Waals surface area contributed by atoms with Crippen LogP contribution in [0.15, 0.2) is 42.5 Å². The number of nitrogens with one attached hydrogen (secondary N) is 3. The SMILES string of the molecule is Cn1nc(NS(C)(=O)=O)c2cccc(-c3cc4sc(NCC(C)(C)O)nc4nc3C(Cc3cc(F)cc(F)c3)NC(=O)Cn3nc(C(F)F)c4c3C(F)(F)CCC4(F)F)c21. The van der Waals surface area contributed by atoms with E-state index in [1.54, 1.807) is 38.1 Å². The molecular weight excluding hydrogens is 851 g/mol. The number of amides is 1. The van der Waals surface area contributed by atoms with Crippen LogP contribution < -0.4 is 15.4 Å². The Balaban J connectivity index is 1.41. The minimum atomic E-state index is -4.10. The Hall–Kier alpha value is -5.42. The normalized spacial score (nSPS) is 15.7. The second kappa shape index (κ2) is 15.2. The minimum Gasteiger partial charge on any atom is -0.389 e. The number of alkyl halides is 6. The van der Waals surface area contributed by atoms with Gasteiger partial charge in [0.25, 0.3) is 18.3 Å². The number of carbonyl (C=O) groups is 1. The molecule has 320 valence electrons. The van der Waals surface area contributed by atoms with Crippen LogP contribution in [0.3, 0.4) is 0 Å². The van der Waals surface area contributed by atoms with Gasteiger partial charge in [-0.15, -0.1) is 0 Å². The highest BCUT2D eigenvalue weighted by atomic mass is 32.2. The van der Waals surface area contributed by atoms with E-state index >= 15 is 8.78 Å². The highest BCUT2D eigenvalue weighted by Gasteiger charge is 2.55. The van der Waals surface area contributed by atoms with Crippen molar-refractivity contribution in [1.82, 2.24) is 34.8 Å². The fourth-order valence-electron chi connectivity index (χ4n) is 7.13. The smallest absolute Gasteiger partial charge is 0.290 e. The molecule has 1 atom stereocenters. The lowest BCUT2D eigenvalue weighted by atomic mass is 9.89. The van der Waals surface area contributed by atoms with Gasteiger partial charge in [0, 0.05) is 49.0 Å². The van der Waals surface area contributed by atoms with Gasteiger partial charge in [0.05, 0.1) is 39.4 Å². The standard InChI is InChI=1S/C37H35F8N9O4S2/c1-35(2,56)16-46-34-49-33-24(59-34)14-22(20-6-5-7-21-29(20)53(3)51-32(21)52-60(4,57)58)27(48-33)23(12-17-10-18(38)13-19(39)11-17)47-25(55)15-54-30-26(28(50-54)31(40)41)36(42,43)8-9-37(30,44)45/h5-7,10-11,13-14,23,31,56H,8-9,12,15-16H2,1-4H3,(H,47,55)(H,51,52)(H,46,48,49). The maximum absolute atomic E-state index is 15.3. The Morgan fingerprint density at radius 2 is 1.67 bits per heavy atom. The maximum atomic E-state index is 15.3. The lowest BCUT2D eigenvalue weighted by Crippen LogP contribution is -2.37. The second-order valence-electron chi connectivity index (χ2n) is 15.1. The van der Waals surface area contributed by atoms with E-state index in [0.717, 1.165) is 29.7 Å². The molecule has 0 aliphatic heterocycles. The average molecular weight is 886 g/mol. The van der Waals surface area contributed by atoms with E-state index in [2.05, 4.69) is 30.5 Å². The minimum absolute atomic E-state index is 0.0289. The Kier molecular flexibility index (Phi) is 10.8. The number of sulfonamides is 1. The van der Waals surface area contributed by atoms with Crippen LogP contribution in [0.4, 0.5) is 46.1 Å². The number of carbonyl (C=O) groups excluding carboxylic acids is 1. The van der Waals surface area contributed by atoms with Crippen LogP contribution in [0.2, 0.25) is 0 Å². The predicted molar refractivity (Wildman–Crippen MR) is 206 cm³/mol. The summed E-state index contributed by atoms with van der Waals surface area (Å²) in [6.45, 7) is 1.93. The summed E-state index contributed by atoms with van der Waals surface area (Å²) in [5.74, 6) is -11.4. The van der Waals surface area contributed by atoms with Crippen molar-refractivity contribution in [2.75, 3.05) is 22.8 Å². The molecule has 0 saturated carbocycles. The number of benzene rings is 2. The third-order valence-corrected chi connectivity index (χ3v) is 11.0. The van der Waals surface area contributed by atoms with E-state index in [1.165, 1.54) is 11.7 Å². The Bertz CT molecular complexity index is 2750. The van der Waals surface area contributed by atoms with Gasteiger partial charge < -0.3 is 15.7 Å². The van der Waals surface area contributed by atoms with Crippen LogP contribution >= 0.6 is 11.3 Å². The summed E-state index contributed by atoms with van der Waals surface area (Å²) in [6.07, 6.45) is -6.04. The molecule has 4 aromatic heterocycles. The zero-order valence-electron chi connectivity index (χ0n) is 31.9. The summed E-state index contributed by atoms with van der Waals surface area (Å²) in [7, 11) is -2.29. The lowest BCUT2D eigenvalue weighted by molar-refractivity contribution is -0.123. The van der Waals surface area contributed by atoms with Crippen LogP contribution in [-0.2, 0) is 46.7 Å². The topological polar surface area (TPSA) is 169 Å². The van der Waals surface area contributed by atoms with Gasteiger partial charge in [-0.25, -0.2) is 44.7 Å². The zero-order valence-corrected chi connectivity index (χ0v) is 33.6. The van der Waals surface area contributed by atoms with Gasteiger partial charge in [0.1, 0.15) is 29.6 Å². The average Bonchev–Trinajstić information content (AvgIpc) is 3.81. The Morgan fingerprint density at radius 1 is 0.983 bits per heavy atom. The summed E-state index contributed by atoms with van der Waals surface area (Å²) >= 11 is 1.13. The molecular formula is C37H35F8N9O4S2. The Labute approximate surface area is 339 Å². The first-order valence-corrected chi connectivity index (χ1v) is 20.7. The summed E-state index contributed by atoms with van der Waals surface area (Å²) in [4.78, 5) is 23.2. The van der Waals surface area contributed by atoms with Crippen LogP contribution in [-0.4, -0.2) is 67.4 Å². The molecule has 0 radical (unpaired) electrons. The molecule has 0 saturated heterocycles. The van der Waals surface area contributed by atoms with Crippen molar-refractivity contribution < 1.29 is 53.4 Å². The summed E-state index contributed by atoms with van der Waals surface area (Å²) in [6, 6.07) is 7.52. The van der Waals surface area contributed by atoms with E-state index in [-0.39, 0.29) is 39.5 Å². The maximum Gasteiger partial charge on any atom is 0.290 e. The quantitative estimate of drug-likeness (QED) is 0.0871. The van der Waals surface area contributed by atoms with Crippen LogP contribution in [0.5, 0.6) is 0 Å². The number of para-hydroxylation sites is 1. The van der Waals surface area contributed by atoms with Gasteiger partial charge in [-0.1, -0.05) is 23.5 Å². The Morgan fingerprint density at radius 3 is 2.32 bits per heavy atom. The van der Waals surface area contributed by atoms with E-state index < -0.39 is 100 Å². The number of nitrogens with zero attached hydrogens (tertiary/aromatic N) is 6. The summed E-state index contributed by atoms with van der Waals surface area (Å²) in [5.41, 5.74) is -4.99. The van der Waals surface area contributed by atoms with Crippen molar-refractivity contribution in [3.05, 3.63) is 82.3 Å². The highest BCUT2D eigenvalue weighted by Crippen LogP contribution is 2.52. The van der Waals surface area contributed by atoms with E-state index in [9.17, 15) is 44.7 Å². The molecule has 4 N–H and O–H groups in total. The molecule has 0 spiro atoms. The van der Waals surface area contributed by atoms with Crippen LogP contribution in [0.1, 0.15) is 67.4 Å². The molecule has 4 heterocycles. The van der Waals surface area contributed by atoms with Crippen molar-refractivity contribution in [1.29, 1.82) is 0 Å². The molecule has 0 bridgehead atoms. The van der Waals surface area contributed by atoms with E-state index in [0.29, 0.717) is 32.4 Å². The number of fused-ring (bicyclic) bond motifs is 3. The molecule has 23 heteroatoms. The zero-order chi connectivity index (χ0) is 43.7. The predicted octanol–water partition coefficient (Wildman–Crippen LogP) is 7.29. The molecule has 13 nitrogen and oxygen atoms in total. The molecule has 0 fully saturated rings. The van der Waals surface area contributed by atoms with E-state index in [4.69, 9.17) is 4.98 Å². The van der Waals surface area contributed by atoms with E-state index in [1.807, 2.05) is 0 Å². The fourth-order valence-corrected chi connectivity index (χ4v) is 8.47. The first-order chi connectivity index (χ1) is 27.9. The number of aliphatic hydroxyl groups is 1.